The van der Waals surface area contributed by atoms with Crippen LogP contribution in [0.15, 0.2) is 24.3 Å². The van der Waals surface area contributed by atoms with Crippen molar-refractivity contribution in [3.63, 3.8) is 0 Å². The molecule has 1 saturated heterocycles. The highest BCUT2D eigenvalue weighted by molar-refractivity contribution is 5.91. The maximum absolute atomic E-state index is 12.8. The summed E-state index contributed by atoms with van der Waals surface area (Å²) in [5.41, 5.74) is 7.16. The molecule has 1 aromatic carbocycles. The maximum atomic E-state index is 12.8. The number of anilines is 1. The largest absolute Gasteiger partial charge is 0.399 e. The molecule has 1 saturated carbocycles. The van der Waals surface area contributed by atoms with Crippen LogP contribution >= 0.6 is 0 Å². The van der Waals surface area contributed by atoms with Crippen LogP contribution < -0.4 is 5.73 Å². The first-order chi connectivity index (χ1) is 10.0. The third kappa shape index (κ3) is 2.48. The molecular weight excluding hydrogens is 266 g/mol. The first-order valence-electron chi connectivity index (χ1n) is 7.44. The van der Waals surface area contributed by atoms with E-state index in [1.54, 1.807) is 11.8 Å². The fraction of sp³-hybridized carbons (Fsp3) is 0.500. The summed E-state index contributed by atoms with van der Waals surface area (Å²) in [6.45, 7) is 4.12. The summed E-state index contributed by atoms with van der Waals surface area (Å²) >= 11 is 0. The van der Waals surface area contributed by atoms with Gasteiger partial charge in [-0.05, 0) is 30.5 Å². The van der Waals surface area contributed by atoms with Crippen molar-refractivity contribution < 1.29 is 9.59 Å². The van der Waals surface area contributed by atoms with E-state index in [1.807, 2.05) is 29.2 Å². The Labute approximate surface area is 124 Å². The fourth-order valence-corrected chi connectivity index (χ4v) is 3.08. The molecule has 1 aromatic rings. The number of hydrogen-bond donors (Lipinski definition) is 1. The number of piperazine rings is 1. The average Bonchev–Trinajstić information content (AvgIpc) is 3.29. The Kier molecular flexibility index (Phi) is 3.35. The Morgan fingerprint density at radius 2 is 1.52 bits per heavy atom. The van der Waals surface area contributed by atoms with E-state index in [2.05, 4.69) is 0 Å². The quantitative estimate of drug-likeness (QED) is 0.825. The lowest BCUT2D eigenvalue weighted by Crippen LogP contribution is -2.52. The minimum absolute atomic E-state index is 0.0850. The molecule has 5 heteroatoms. The van der Waals surface area contributed by atoms with E-state index in [0.29, 0.717) is 26.2 Å². The highest BCUT2D eigenvalue weighted by Gasteiger charge is 2.53. The van der Waals surface area contributed by atoms with Crippen LogP contribution in [-0.4, -0.2) is 47.8 Å². The minimum Gasteiger partial charge on any atom is -0.399 e. The van der Waals surface area contributed by atoms with Crippen molar-refractivity contribution in [3.8, 4) is 0 Å². The first-order valence-corrected chi connectivity index (χ1v) is 7.44. The van der Waals surface area contributed by atoms with Gasteiger partial charge in [0.2, 0.25) is 11.8 Å². The summed E-state index contributed by atoms with van der Waals surface area (Å²) in [6, 6.07) is 7.64. The predicted molar refractivity (Wildman–Crippen MR) is 80.6 cm³/mol. The molecule has 0 bridgehead atoms. The first kappa shape index (κ1) is 13.9. The van der Waals surface area contributed by atoms with Gasteiger partial charge >= 0.3 is 0 Å². The lowest BCUT2D eigenvalue weighted by atomic mass is 9.93. The predicted octanol–water partition coefficient (Wildman–Crippen LogP) is 0.991. The molecule has 0 unspecified atom stereocenters. The van der Waals surface area contributed by atoms with Crippen LogP contribution in [-0.2, 0) is 15.0 Å². The van der Waals surface area contributed by atoms with Crippen LogP contribution in [0.2, 0.25) is 0 Å². The van der Waals surface area contributed by atoms with E-state index in [9.17, 15) is 9.59 Å². The van der Waals surface area contributed by atoms with E-state index in [4.69, 9.17) is 5.73 Å². The monoisotopic (exact) mass is 287 g/mol. The Morgan fingerprint density at radius 1 is 1.00 bits per heavy atom. The van der Waals surface area contributed by atoms with E-state index in [0.717, 1.165) is 24.1 Å². The van der Waals surface area contributed by atoms with Crippen molar-refractivity contribution in [1.29, 1.82) is 0 Å². The van der Waals surface area contributed by atoms with Crippen LogP contribution in [0.1, 0.15) is 25.3 Å². The number of carbonyl (C=O) groups excluding carboxylic acids is 2. The summed E-state index contributed by atoms with van der Waals surface area (Å²) in [7, 11) is 0. The fourth-order valence-electron chi connectivity index (χ4n) is 3.08. The lowest BCUT2D eigenvalue weighted by Gasteiger charge is -2.36. The number of hydrogen-bond acceptors (Lipinski definition) is 3. The molecule has 2 amide bonds. The Morgan fingerprint density at radius 3 is 2.00 bits per heavy atom. The van der Waals surface area contributed by atoms with E-state index < -0.39 is 0 Å². The van der Waals surface area contributed by atoms with Crippen LogP contribution in [0.5, 0.6) is 0 Å². The summed E-state index contributed by atoms with van der Waals surface area (Å²) < 4.78 is 0. The van der Waals surface area contributed by atoms with Gasteiger partial charge in [0.15, 0.2) is 0 Å². The normalized spacial score (nSPS) is 20.2. The van der Waals surface area contributed by atoms with Gasteiger partial charge in [-0.25, -0.2) is 0 Å². The van der Waals surface area contributed by atoms with Crippen molar-refractivity contribution in [2.24, 2.45) is 0 Å². The zero-order chi connectivity index (χ0) is 15.0. The molecule has 2 N–H and O–H groups in total. The van der Waals surface area contributed by atoms with Gasteiger partial charge in [-0.3, -0.25) is 9.59 Å². The Hall–Kier alpha value is -2.04. The van der Waals surface area contributed by atoms with Crippen LogP contribution in [0.4, 0.5) is 5.69 Å². The van der Waals surface area contributed by atoms with Gasteiger partial charge in [0.1, 0.15) is 0 Å². The van der Waals surface area contributed by atoms with Gasteiger partial charge in [-0.1, -0.05) is 12.1 Å². The summed E-state index contributed by atoms with van der Waals surface area (Å²) in [5.74, 6) is 0.289. The van der Waals surface area contributed by atoms with Crippen molar-refractivity contribution in [2.45, 2.75) is 25.2 Å². The number of nitrogens with two attached hydrogens (primary N) is 1. The minimum atomic E-state index is -0.341. The van der Waals surface area contributed by atoms with Crippen LogP contribution in [0, 0.1) is 0 Å². The van der Waals surface area contributed by atoms with Crippen molar-refractivity contribution in [2.75, 3.05) is 31.9 Å². The Balaban J connectivity index is 1.71. The summed E-state index contributed by atoms with van der Waals surface area (Å²) in [4.78, 5) is 27.9. The summed E-state index contributed by atoms with van der Waals surface area (Å²) in [6.07, 6.45) is 1.81. The highest BCUT2D eigenvalue weighted by Crippen LogP contribution is 2.49. The number of rotatable bonds is 2. The molecule has 0 spiro atoms. The molecule has 0 aromatic heterocycles. The standard InChI is InChI=1S/C16H21N3O2/c1-12(20)18-8-10-19(11-9-18)15(21)16(6-7-16)13-2-4-14(17)5-3-13/h2-5H,6-11,17H2,1H3. The molecule has 2 fully saturated rings. The number of nitrogen functional groups attached to an aromatic ring is 1. The van der Waals surface area contributed by atoms with Gasteiger partial charge in [0.25, 0.3) is 0 Å². The van der Waals surface area contributed by atoms with Gasteiger partial charge in [-0.15, -0.1) is 0 Å². The van der Waals surface area contributed by atoms with Gasteiger partial charge in [-0.2, -0.15) is 0 Å². The summed E-state index contributed by atoms with van der Waals surface area (Å²) in [5, 5.41) is 0. The van der Waals surface area contributed by atoms with Crippen LogP contribution in [0.25, 0.3) is 0 Å². The molecular formula is C16H21N3O2. The molecule has 0 radical (unpaired) electrons. The molecule has 112 valence electrons. The zero-order valence-corrected chi connectivity index (χ0v) is 12.3. The van der Waals surface area contributed by atoms with E-state index in [1.165, 1.54) is 0 Å². The number of amides is 2. The SMILES string of the molecule is CC(=O)N1CCN(C(=O)C2(c3ccc(N)cc3)CC2)CC1. The molecule has 2 aliphatic rings. The van der Waals surface area contributed by atoms with Crippen molar-refractivity contribution in [3.05, 3.63) is 29.8 Å². The third-order valence-electron chi connectivity index (χ3n) is 4.63. The highest BCUT2D eigenvalue weighted by atomic mass is 16.2. The second-order valence-corrected chi connectivity index (χ2v) is 6.00. The Bertz CT molecular complexity index is 555. The van der Waals surface area contributed by atoms with E-state index in [-0.39, 0.29) is 17.2 Å². The third-order valence-corrected chi connectivity index (χ3v) is 4.63. The topological polar surface area (TPSA) is 66.6 Å². The molecule has 1 aliphatic heterocycles. The van der Waals surface area contributed by atoms with Gasteiger partial charge in [0, 0.05) is 38.8 Å². The molecule has 1 aliphatic carbocycles. The molecule has 5 nitrogen and oxygen atoms in total. The zero-order valence-electron chi connectivity index (χ0n) is 12.3. The number of nitrogens with zero attached hydrogens (tertiary/aromatic N) is 2. The van der Waals surface area contributed by atoms with Gasteiger partial charge < -0.3 is 15.5 Å². The second kappa shape index (κ2) is 5.06. The smallest absolute Gasteiger partial charge is 0.233 e. The number of benzene rings is 1. The molecule has 1 heterocycles. The second-order valence-electron chi connectivity index (χ2n) is 6.00. The van der Waals surface area contributed by atoms with Crippen LogP contribution in [0.3, 0.4) is 0 Å². The van der Waals surface area contributed by atoms with E-state index >= 15 is 0 Å². The molecule has 21 heavy (non-hydrogen) atoms. The maximum Gasteiger partial charge on any atom is 0.233 e. The lowest BCUT2D eigenvalue weighted by molar-refractivity contribution is -0.140. The molecule has 3 rings (SSSR count). The van der Waals surface area contributed by atoms with Crippen molar-refractivity contribution >= 4 is 17.5 Å². The average molecular weight is 287 g/mol. The van der Waals surface area contributed by atoms with Crippen molar-refractivity contribution in [1.82, 2.24) is 9.80 Å². The number of carbonyl (C=O) groups is 2. The molecule has 0 atom stereocenters. The van der Waals surface area contributed by atoms with Gasteiger partial charge in [0.05, 0.1) is 5.41 Å².